The molecule has 1 aliphatic heterocycles. The molecule has 3 aliphatic carbocycles. The number of allylic oxidation sites excluding steroid dienone is 2. The molecule has 2 saturated carbocycles. The summed E-state index contributed by atoms with van der Waals surface area (Å²) in [5.74, 6) is 1.32. The number of hydrogen-bond acceptors (Lipinski definition) is 2. The molecule has 142 valence electrons. The minimum absolute atomic E-state index is 0.272. The van der Waals surface area contributed by atoms with Crippen LogP contribution >= 0.6 is 0 Å². The summed E-state index contributed by atoms with van der Waals surface area (Å²) in [5, 5.41) is 0. The summed E-state index contributed by atoms with van der Waals surface area (Å²) < 4.78 is 12.2. The molecule has 2 nitrogen and oxygen atoms in total. The van der Waals surface area contributed by atoms with Gasteiger partial charge < -0.3 is 9.47 Å². The normalized spacial score (nSPS) is 52.2. The Kier molecular flexibility index (Phi) is 4.03. The van der Waals surface area contributed by atoms with Crippen molar-refractivity contribution in [3.05, 3.63) is 11.6 Å². The molecule has 3 fully saturated rings. The average molecular weight is 347 g/mol. The van der Waals surface area contributed by atoms with Gasteiger partial charge in [0.1, 0.15) is 0 Å². The Labute approximate surface area is 154 Å². The van der Waals surface area contributed by atoms with E-state index in [1.807, 2.05) is 0 Å². The van der Waals surface area contributed by atoms with Crippen LogP contribution in [0.1, 0.15) is 86.5 Å². The van der Waals surface area contributed by atoms with Crippen LogP contribution in [0.3, 0.4) is 0 Å². The molecule has 0 N–H and O–H groups in total. The molecule has 6 atom stereocenters. The van der Waals surface area contributed by atoms with E-state index in [4.69, 9.17) is 9.47 Å². The van der Waals surface area contributed by atoms with Gasteiger partial charge in [-0.3, -0.25) is 0 Å². The van der Waals surface area contributed by atoms with Crippen molar-refractivity contribution in [2.75, 3.05) is 6.61 Å². The van der Waals surface area contributed by atoms with Crippen LogP contribution in [-0.4, -0.2) is 18.5 Å². The fourth-order valence-corrected chi connectivity index (χ4v) is 7.07. The molecule has 0 radical (unpaired) electrons. The molecule has 0 unspecified atom stereocenters. The zero-order valence-electron chi connectivity index (χ0n) is 17.3. The van der Waals surface area contributed by atoms with E-state index in [9.17, 15) is 0 Å². The summed E-state index contributed by atoms with van der Waals surface area (Å²) in [7, 11) is 0. The minimum Gasteiger partial charge on any atom is -0.348 e. The van der Waals surface area contributed by atoms with Crippen LogP contribution in [0.2, 0.25) is 0 Å². The second kappa shape index (κ2) is 5.58. The third-order valence-electron chi connectivity index (χ3n) is 9.05. The molecular formula is C23H38O2. The molecule has 0 aromatic heterocycles. The van der Waals surface area contributed by atoms with Crippen LogP contribution in [0.15, 0.2) is 11.6 Å². The summed E-state index contributed by atoms with van der Waals surface area (Å²) in [6.45, 7) is 15.0. The lowest BCUT2D eigenvalue weighted by atomic mass is 9.42. The van der Waals surface area contributed by atoms with Crippen LogP contribution < -0.4 is 0 Å². The van der Waals surface area contributed by atoms with Gasteiger partial charge in [0.2, 0.25) is 0 Å². The molecule has 1 heterocycles. The van der Waals surface area contributed by atoms with Gasteiger partial charge in [0.15, 0.2) is 5.79 Å². The third-order valence-corrected chi connectivity index (χ3v) is 9.05. The van der Waals surface area contributed by atoms with Crippen molar-refractivity contribution in [2.24, 2.45) is 28.1 Å². The van der Waals surface area contributed by atoms with Crippen LogP contribution in [0.5, 0.6) is 0 Å². The van der Waals surface area contributed by atoms with E-state index in [0.29, 0.717) is 10.8 Å². The zero-order chi connectivity index (χ0) is 18.1. The van der Waals surface area contributed by atoms with E-state index in [1.54, 1.807) is 5.57 Å². The highest BCUT2D eigenvalue weighted by atomic mass is 16.7. The lowest BCUT2D eigenvalue weighted by Crippen LogP contribution is -2.55. The predicted octanol–water partition coefficient (Wildman–Crippen LogP) is 6.11. The molecule has 2 heteroatoms. The molecule has 0 amide bonds. The maximum atomic E-state index is 6.32. The molecule has 0 aromatic rings. The van der Waals surface area contributed by atoms with Crippen LogP contribution in [0, 0.1) is 28.1 Å². The van der Waals surface area contributed by atoms with Crippen molar-refractivity contribution in [1.82, 2.24) is 0 Å². The van der Waals surface area contributed by atoms with Gasteiger partial charge in [-0.15, -0.1) is 0 Å². The monoisotopic (exact) mass is 346 g/mol. The Morgan fingerprint density at radius 2 is 1.76 bits per heavy atom. The maximum Gasteiger partial charge on any atom is 0.163 e. The third kappa shape index (κ3) is 2.65. The van der Waals surface area contributed by atoms with Crippen molar-refractivity contribution in [3.63, 3.8) is 0 Å². The Hall–Kier alpha value is -0.340. The van der Waals surface area contributed by atoms with Crippen molar-refractivity contribution in [1.29, 1.82) is 0 Å². The second-order valence-corrected chi connectivity index (χ2v) is 10.9. The van der Waals surface area contributed by atoms with Crippen molar-refractivity contribution >= 4 is 0 Å². The molecule has 0 aromatic carbocycles. The summed E-state index contributed by atoms with van der Waals surface area (Å²) in [6.07, 6.45) is 12.2. The highest BCUT2D eigenvalue weighted by Gasteiger charge is 2.59. The molecule has 0 bridgehead atoms. The molecular weight excluding hydrogens is 308 g/mol. The fourth-order valence-electron chi connectivity index (χ4n) is 7.07. The zero-order valence-corrected chi connectivity index (χ0v) is 17.3. The summed E-state index contributed by atoms with van der Waals surface area (Å²) >= 11 is 0. The first-order valence-corrected chi connectivity index (χ1v) is 10.6. The maximum absolute atomic E-state index is 6.32. The first kappa shape index (κ1) is 18.0. The Morgan fingerprint density at radius 1 is 1.00 bits per heavy atom. The van der Waals surface area contributed by atoms with E-state index in [2.05, 4.69) is 47.6 Å². The van der Waals surface area contributed by atoms with E-state index in [-0.39, 0.29) is 11.5 Å². The van der Waals surface area contributed by atoms with Crippen molar-refractivity contribution < 1.29 is 9.47 Å². The first-order valence-electron chi connectivity index (χ1n) is 10.6. The average Bonchev–Trinajstić information content (AvgIpc) is 2.91. The van der Waals surface area contributed by atoms with E-state index in [0.717, 1.165) is 18.4 Å². The predicted molar refractivity (Wildman–Crippen MR) is 102 cm³/mol. The van der Waals surface area contributed by atoms with Gasteiger partial charge in [-0.1, -0.05) is 32.4 Å². The molecule has 0 spiro atoms. The van der Waals surface area contributed by atoms with Crippen molar-refractivity contribution in [2.45, 2.75) is 98.4 Å². The Bertz CT molecular complexity index is 579. The van der Waals surface area contributed by atoms with Gasteiger partial charge in [-0.2, -0.15) is 0 Å². The van der Waals surface area contributed by atoms with Crippen LogP contribution in [-0.2, 0) is 9.47 Å². The van der Waals surface area contributed by atoms with E-state index in [1.165, 1.54) is 44.9 Å². The van der Waals surface area contributed by atoms with E-state index < -0.39 is 5.79 Å². The number of rotatable bonds is 1. The van der Waals surface area contributed by atoms with Gasteiger partial charge in [-0.25, -0.2) is 0 Å². The molecule has 4 rings (SSSR count). The van der Waals surface area contributed by atoms with Crippen molar-refractivity contribution in [3.8, 4) is 0 Å². The second-order valence-electron chi connectivity index (χ2n) is 10.9. The molecule has 4 aliphatic rings. The number of fused-ring (bicyclic) bond motifs is 3. The first-order chi connectivity index (χ1) is 11.6. The van der Waals surface area contributed by atoms with Gasteiger partial charge >= 0.3 is 0 Å². The minimum atomic E-state index is -0.398. The topological polar surface area (TPSA) is 18.5 Å². The highest BCUT2D eigenvalue weighted by molar-refractivity contribution is 5.22. The molecule has 1 saturated heterocycles. The number of hydrogen-bond donors (Lipinski definition) is 0. The van der Waals surface area contributed by atoms with Gasteiger partial charge in [0.05, 0.1) is 12.7 Å². The van der Waals surface area contributed by atoms with Gasteiger partial charge in [0.25, 0.3) is 0 Å². The Morgan fingerprint density at radius 3 is 2.44 bits per heavy atom. The molecule has 25 heavy (non-hydrogen) atoms. The number of ether oxygens (including phenoxy) is 2. The van der Waals surface area contributed by atoms with Gasteiger partial charge in [-0.05, 0) is 93.8 Å². The fraction of sp³-hybridized carbons (Fsp3) is 0.913. The summed E-state index contributed by atoms with van der Waals surface area (Å²) in [5.41, 5.74) is 2.92. The van der Waals surface area contributed by atoms with Crippen LogP contribution in [0.4, 0.5) is 0 Å². The largest absolute Gasteiger partial charge is 0.348 e. The van der Waals surface area contributed by atoms with E-state index >= 15 is 0 Å². The lowest BCUT2D eigenvalue weighted by molar-refractivity contribution is -0.171. The smallest absolute Gasteiger partial charge is 0.163 e. The summed E-state index contributed by atoms with van der Waals surface area (Å²) in [4.78, 5) is 0. The lowest BCUT2D eigenvalue weighted by Gasteiger charge is -2.62. The highest BCUT2D eigenvalue weighted by Crippen LogP contribution is 2.66. The summed E-state index contributed by atoms with van der Waals surface area (Å²) in [6, 6.07) is 0. The Balaban J connectivity index is 1.57. The van der Waals surface area contributed by atoms with Gasteiger partial charge in [0, 0.05) is 0 Å². The standard InChI is InChI=1S/C23H38O2/c1-16-8-7-9-18-22(16,5)11-10-17-14-21(4,12-13-23(17,18)6)19-15-24-20(2,3)25-19/h8,17-19H,7,9-15H2,1-6H3/t17-,18-,19-,21-,22-,23-/m0/s1. The quantitative estimate of drug-likeness (QED) is 0.533. The SMILES string of the molecule is CC1=CCC[C@@H]2[C@@]3(C)CC[C@](C)([C@@H]4COC(C)(C)O4)C[C@@H]3CC[C@@]12C. The van der Waals surface area contributed by atoms with Crippen LogP contribution in [0.25, 0.3) is 0 Å².